The number of carbonyl (C=O) groups excluding carboxylic acids is 1. The molecule has 1 aromatic heterocycles. The summed E-state index contributed by atoms with van der Waals surface area (Å²) in [5.74, 6) is -0.601. The number of hydrogen-bond donors (Lipinski definition) is 3. The molecule has 2 heterocycles. The summed E-state index contributed by atoms with van der Waals surface area (Å²) in [6.07, 6.45) is 3.74. The lowest BCUT2D eigenvalue weighted by atomic mass is 10.1. The predicted octanol–water partition coefficient (Wildman–Crippen LogP) is 1.24. The van der Waals surface area contributed by atoms with Gasteiger partial charge >= 0.3 is 12.0 Å². The number of nitrogens with one attached hydrogen (secondary N) is 2. The number of pyridine rings is 1. The topological polar surface area (TPSA) is 94.6 Å². The lowest BCUT2D eigenvalue weighted by Gasteiger charge is -2.14. The number of anilines is 1. The van der Waals surface area contributed by atoms with Crippen LogP contribution in [0.4, 0.5) is 10.5 Å². The van der Waals surface area contributed by atoms with E-state index in [4.69, 9.17) is 5.11 Å². The van der Waals surface area contributed by atoms with Crippen molar-refractivity contribution in [2.45, 2.75) is 13.3 Å². The quantitative estimate of drug-likeness (QED) is 0.759. The molecular weight excluding hydrogens is 272 g/mol. The minimum atomic E-state index is -1.07. The maximum Gasteiger partial charge on any atom is 0.337 e. The third-order valence-electron chi connectivity index (χ3n) is 3.61. The van der Waals surface area contributed by atoms with Crippen LogP contribution in [0.5, 0.6) is 0 Å². The smallest absolute Gasteiger partial charge is 0.337 e. The number of carbonyl (C=O) groups is 2. The molecule has 1 aromatic rings. The van der Waals surface area contributed by atoms with Gasteiger partial charge in [0.2, 0.25) is 0 Å². The Kier molecular flexibility index (Phi) is 5.10. The maximum atomic E-state index is 11.8. The predicted molar refractivity (Wildman–Crippen MR) is 78.4 cm³/mol. The molecule has 114 valence electrons. The number of carboxylic acid groups (broad SMARTS) is 1. The van der Waals surface area contributed by atoms with Gasteiger partial charge in [0.05, 0.1) is 17.4 Å². The molecule has 1 aliphatic heterocycles. The summed E-state index contributed by atoms with van der Waals surface area (Å²) >= 11 is 0. The standard InChI is InChI=1S/C14H20N4O3/c1-2-18-4-3-10(9-18)6-16-14(21)17-12-5-11(13(19)20)7-15-8-12/h5,7-8,10H,2-4,6,9H2,1H3,(H,19,20)(H2,16,17,21). The van der Waals surface area contributed by atoms with Crippen molar-refractivity contribution in [3.8, 4) is 0 Å². The van der Waals surface area contributed by atoms with E-state index in [1.807, 2.05) is 0 Å². The summed E-state index contributed by atoms with van der Waals surface area (Å²) in [6, 6.07) is 1.04. The van der Waals surface area contributed by atoms with E-state index in [-0.39, 0.29) is 11.6 Å². The fourth-order valence-electron chi connectivity index (χ4n) is 2.40. The number of amides is 2. The highest BCUT2D eigenvalue weighted by Gasteiger charge is 2.21. The van der Waals surface area contributed by atoms with Crippen molar-refractivity contribution in [1.29, 1.82) is 0 Å². The summed E-state index contributed by atoms with van der Waals surface area (Å²) < 4.78 is 0. The molecular formula is C14H20N4O3. The average molecular weight is 292 g/mol. The average Bonchev–Trinajstić information content (AvgIpc) is 2.93. The zero-order valence-corrected chi connectivity index (χ0v) is 12.0. The van der Waals surface area contributed by atoms with E-state index >= 15 is 0 Å². The second-order valence-corrected chi connectivity index (χ2v) is 5.15. The molecule has 1 fully saturated rings. The Balaban J connectivity index is 1.79. The van der Waals surface area contributed by atoms with E-state index < -0.39 is 5.97 Å². The van der Waals surface area contributed by atoms with Crippen LogP contribution in [0.2, 0.25) is 0 Å². The molecule has 0 saturated carbocycles. The van der Waals surface area contributed by atoms with E-state index in [0.717, 1.165) is 26.1 Å². The van der Waals surface area contributed by atoms with Crippen LogP contribution >= 0.6 is 0 Å². The third kappa shape index (κ3) is 4.42. The Bertz CT molecular complexity index is 521. The van der Waals surface area contributed by atoms with E-state index in [1.165, 1.54) is 18.5 Å². The largest absolute Gasteiger partial charge is 0.478 e. The van der Waals surface area contributed by atoms with Crippen LogP contribution in [0.3, 0.4) is 0 Å². The molecule has 21 heavy (non-hydrogen) atoms. The minimum absolute atomic E-state index is 0.0437. The SMILES string of the molecule is CCN1CCC(CNC(=O)Nc2cncc(C(=O)O)c2)C1. The van der Waals surface area contributed by atoms with E-state index in [9.17, 15) is 9.59 Å². The van der Waals surface area contributed by atoms with E-state index in [1.54, 1.807) is 0 Å². The first-order chi connectivity index (χ1) is 10.1. The van der Waals surface area contributed by atoms with Crippen LogP contribution in [0.1, 0.15) is 23.7 Å². The lowest BCUT2D eigenvalue weighted by Crippen LogP contribution is -2.34. The number of urea groups is 1. The molecule has 0 bridgehead atoms. The van der Waals surface area contributed by atoms with Gasteiger partial charge < -0.3 is 20.6 Å². The van der Waals surface area contributed by atoms with Crippen molar-refractivity contribution in [3.63, 3.8) is 0 Å². The first kappa shape index (κ1) is 15.2. The van der Waals surface area contributed by atoms with Gasteiger partial charge in [-0.2, -0.15) is 0 Å². The zero-order valence-electron chi connectivity index (χ0n) is 12.0. The number of aromatic nitrogens is 1. The second kappa shape index (κ2) is 7.03. The van der Waals surface area contributed by atoms with Crippen LogP contribution in [0.15, 0.2) is 18.5 Å². The molecule has 3 N–H and O–H groups in total. The normalized spacial score (nSPS) is 18.4. The number of rotatable bonds is 5. The highest BCUT2D eigenvalue weighted by molar-refractivity contribution is 5.92. The van der Waals surface area contributed by atoms with Gasteiger partial charge in [-0.15, -0.1) is 0 Å². The maximum absolute atomic E-state index is 11.8. The van der Waals surface area contributed by atoms with Crippen LogP contribution in [0.25, 0.3) is 0 Å². The molecule has 2 amide bonds. The number of likely N-dealkylation sites (tertiary alicyclic amines) is 1. The Morgan fingerprint density at radius 2 is 2.29 bits per heavy atom. The molecule has 0 aliphatic carbocycles. The highest BCUT2D eigenvalue weighted by Crippen LogP contribution is 2.14. The number of aromatic carboxylic acids is 1. The van der Waals surface area contributed by atoms with Gasteiger partial charge in [0.15, 0.2) is 0 Å². The molecule has 1 unspecified atom stereocenters. The van der Waals surface area contributed by atoms with Crippen LogP contribution < -0.4 is 10.6 Å². The first-order valence-electron chi connectivity index (χ1n) is 7.04. The third-order valence-corrected chi connectivity index (χ3v) is 3.61. The van der Waals surface area contributed by atoms with Gasteiger partial charge in [0.1, 0.15) is 0 Å². The summed E-state index contributed by atoms with van der Waals surface area (Å²) in [5.41, 5.74) is 0.413. The highest BCUT2D eigenvalue weighted by atomic mass is 16.4. The van der Waals surface area contributed by atoms with Crippen LogP contribution in [-0.2, 0) is 0 Å². The van der Waals surface area contributed by atoms with Gasteiger partial charge in [-0.25, -0.2) is 9.59 Å². The fourth-order valence-corrected chi connectivity index (χ4v) is 2.40. The van der Waals surface area contributed by atoms with Crippen molar-refractivity contribution in [2.24, 2.45) is 5.92 Å². The first-order valence-corrected chi connectivity index (χ1v) is 7.04. The van der Waals surface area contributed by atoms with Crippen molar-refractivity contribution in [3.05, 3.63) is 24.0 Å². The van der Waals surface area contributed by atoms with Crippen molar-refractivity contribution in [2.75, 3.05) is 31.5 Å². The van der Waals surface area contributed by atoms with Gasteiger partial charge in [-0.05, 0) is 31.5 Å². The fraction of sp³-hybridized carbons (Fsp3) is 0.500. The van der Waals surface area contributed by atoms with Gasteiger partial charge in [-0.3, -0.25) is 4.98 Å². The Hall–Kier alpha value is -2.15. The molecule has 1 aliphatic rings. The second-order valence-electron chi connectivity index (χ2n) is 5.15. The Morgan fingerprint density at radius 1 is 1.48 bits per heavy atom. The number of hydrogen-bond acceptors (Lipinski definition) is 4. The van der Waals surface area contributed by atoms with Gasteiger partial charge in [-0.1, -0.05) is 6.92 Å². The monoisotopic (exact) mass is 292 g/mol. The van der Waals surface area contributed by atoms with Gasteiger partial charge in [0, 0.05) is 19.3 Å². The molecule has 7 nitrogen and oxygen atoms in total. The molecule has 0 aromatic carbocycles. The van der Waals surface area contributed by atoms with Gasteiger partial charge in [0.25, 0.3) is 0 Å². The summed E-state index contributed by atoms with van der Waals surface area (Å²) in [5, 5.41) is 14.3. The van der Waals surface area contributed by atoms with E-state index in [2.05, 4.69) is 27.4 Å². The van der Waals surface area contributed by atoms with Crippen LogP contribution in [0, 0.1) is 5.92 Å². The molecule has 1 saturated heterocycles. The van der Waals surface area contributed by atoms with Crippen LogP contribution in [-0.4, -0.2) is 53.2 Å². The summed E-state index contributed by atoms with van der Waals surface area (Å²) in [6.45, 7) is 5.87. The van der Waals surface area contributed by atoms with Crippen molar-refractivity contribution < 1.29 is 14.7 Å². The summed E-state index contributed by atoms with van der Waals surface area (Å²) in [4.78, 5) is 28.8. The molecule has 0 radical (unpaired) electrons. The van der Waals surface area contributed by atoms with Crippen molar-refractivity contribution >= 4 is 17.7 Å². The molecule has 0 spiro atoms. The molecule has 1 atom stereocenters. The Morgan fingerprint density at radius 3 is 2.95 bits per heavy atom. The van der Waals surface area contributed by atoms with Crippen molar-refractivity contribution in [1.82, 2.24) is 15.2 Å². The molecule has 2 rings (SSSR count). The lowest BCUT2D eigenvalue weighted by molar-refractivity contribution is 0.0696. The van der Waals surface area contributed by atoms with E-state index in [0.29, 0.717) is 18.2 Å². The zero-order chi connectivity index (χ0) is 15.2. The number of nitrogens with zero attached hydrogens (tertiary/aromatic N) is 2. The summed E-state index contributed by atoms with van der Waals surface area (Å²) in [7, 11) is 0. The Labute approximate surface area is 123 Å². The minimum Gasteiger partial charge on any atom is -0.478 e. The number of carboxylic acids is 1. The molecule has 7 heteroatoms.